The van der Waals surface area contributed by atoms with Crippen molar-refractivity contribution >= 4 is 29.1 Å². The lowest BCUT2D eigenvalue weighted by Gasteiger charge is -2.21. The molecule has 0 spiro atoms. The summed E-state index contributed by atoms with van der Waals surface area (Å²) in [4.78, 5) is 31.1. The molecule has 0 aliphatic carbocycles. The molecule has 0 aliphatic heterocycles. The number of rotatable bonds is 10. The molecule has 8 nitrogen and oxygen atoms in total. The van der Waals surface area contributed by atoms with Crippen molar-refractivity contribution < 1.29 is 19.1 Å². The van der Waals surface area contributed by atoms with Gasteiger partial charge in [0.05, 0.1) is 19.1 Å². The molecular formula is C25H24N4O4. The van der Waals surface area contributed by atoms with Gasteiger partial charge in [-0.25, -0.2) is 9.78 Å². The zero-order valence-electron chi connectivity index (χ0n) is 18.2. The van der Waals surface area contributed by atoms with Gasteiger partial charge in [0.25, 0.3) is 5.91 Å². The average molecular weight is 444 g/mol. The monoisotopic (exact) mass is 444 g/mol. The second kappa shape index (κ2) is 11.9. The van der Waals surface area contributed by atoms with Crippen LogP contribution in [0.5, 0.6) is 5.75 Å². The number of nitrogens with one attached hydrogen (secondary N) is 1. The number of benzene rings is 2. The van der Waals surface area contributed by atoms with Crippen LogP contribution in [0, 0.1) is 11.3 Å². The van der Waals surface area contributed by atoms with Gasteiger partial charge in [0.2, 0.25) is 0 Å². The van der Waals surface area contributed by atoms with E-state index >= 15 is 0 Å². The summed E-state index contributed by atoms with van der Waals surface area (Å²) in [5.41, 5.74) is 1.55. The number of esters is 1. The summed E-state index contributed by atoms with van der Waals surface area (Å²) in [7, 11) is 0. The molecule has 1 amide bonds. The van der Waals surface area contributed by atoms with Gasteiger partial charge in [-0.3, -0.25) is 4.79 Å². The SMILES string of the molecule is CCOc1ccc(Nc2ncccc2C(=O)OCC(=O)N(CCC#N)c2ccccc2)cc1. The van der Waals surface area contributed by atoms with Gasteiger partial charge in [-0.05, 0) is 55.5 Å². The van der Waals surface area contributed by atoms with Crippen molar-refractivity contribution in [1.82, 2.24) is 4.98 Å². The molecule has 1 heterocycles. The third-order valence-corrected chi connectivity index (χ3v) is 4.60. The molecule has 0 aliphatic rings. The van der Waals surface area contributed by atoms with E-state index in [2.05, 4.69) is 10.3 Å². The summed E-state index contributed by atoms with van der Waals surface area (Å²) in [5.74, 6) is -0.0574. The number of nitriles is 1. The predicted octanol–water partition coefficient (Wildman–Crippen LogP) is 4.33. The van der Waals surface area contributed by atoms with E-state index in [4.69, 9.17) is 14.7 Å². The first-order chi connectivity index (χ1) is 16.1. The van der Waals surface area contributed by atoms with Crippen LogP contribution in [0.25, 0.3) is 0 Å². The Bertz CT molecular complexity index is 1110. The molecule has 0 bridgehead atoms. The van der Waals surface area contributed by atoms with E-state index in [0.29, 0.717) is 23.8 Å². The Balaban J connectivity index is 1.67. The number of pyridine rings is 1. The Hall–Kier alpha value is -4.38. The maximum absolute atomic E-state index is 12.7. The number of aromatic nitrogens is 1. The highest BCUT2D eigenvalue weighted by Gasteiger charge is 2.20. The molecule has 33 heavy (non-hydrogen) atoms. The third-order valence-electron chi connectivity index (χ3n) is 4.60. The smallest absolute Gasteiger partial charge is 0.342 e. The molecule has 1 aromatic heterocycles. The van der Waals surface area contributed by atoms with Gasteiger partial charge in [0, 0.05) is 24.1 Å². The lowest BCUT2D eigenvalue weighted by Crippen LogP contribution is -2.35. The maximum atomic E-state index is 12.7. The van der Waals surface area contributed by atoms with Crippen molar-refractivity contribution in [1.29, 1.82) is 5.26 Å². The minimum absolute atomic E-state index is 0.160. The van der Waals surface area contributed by atoms with E-state index in [1.807, 2.05) is 43.3 Å². The molecule has 168 valence electrons. The predicted molar refractivity (Wildman–Crippen MR) is 124 cm³/mol. The minimum atomic E-state index is -0.682. The summed E-state index contributed by atoms with van der Waals surface area (Å²) in [6, 6.07) is 21.4. The molecule has 0 saturated carbocycles. The number of carbonyl (C=O) groups is 2. The Morgan fingerprint density at radius 1 is 1.06 bits per heavy atom. The van der Waals surface area contributed by atoms with Crippen LogP contribution in [0.4, 0.5) is 17.2 Å². The first kappa shape index (κ1) is 23.3. The molecular weight excluding hydrogens is 420 g/mol. The van der Waals surface area contributed by atoms with E-state index in [9.17, 15) is 9.59 Å². The standard InChI is InChI=1S/C25H24N4O4/c1-2-32-21-13-11-19(12-14-21)28-24-22(10-6-16-27-24)25(31)33-18-23(30)29(17-7-15-26)20-8-4-3-5-9-20/h3-6,8-14,16H,2,7,17-18H2,1H3,(H,27,28). The molecule has 3 aromatic rings. The fraction of sp³-hybridized carbons (Fsp3) is 0.200. The number of carbonyl (C=O) groups excluding carboxylic acids is 2. The highest BCUT2D eigenvalue weighted by Crippen LogP contribution is 2.22. The van der Waals surface area contributed by atoms with Crippen LogP contribution < -0.4 is 15.0 Å². The number of amides is 1. The summed E-state index contributed by atoms with van der Waals surface area (Å²) in [6.07, 6.45) is 1.71. The molecule has 2 aromatic carbocycles. The number of hydrogen-bond donors (Lipinski definition) is 1. The van der Waals surface area contributed by atoms with Crippen LogP contribution in [-0.4, -0.2) is 36.6 Å². The van der Waals surface area contributed by atoms with Crippen molar-refractivity contribution in [2.75, 3.05) is 30.0 Å². The summed E-state index contributed by atoms with van der Waals surface area (Å²) >= 11 is 0. The van der Waals surface area contributed by atoms with Crippen molar-refractivity contribution in [3.63, 3.8) is 0 Å². The normalized spacial score (nSPS) is 10.1. The van der Waals surface area contributed by atoms with Gasteiger partial charge in [-0.1, -0.05) is 18.2 Å². The zero-order valence-corrected chi connectivity index (χ0v) is 18.2. The molecule has 3 rings (SSSR count). The van der Waals surface area contributed by atoms with E-state index in [1.165, 1.54) is 4.90 Å². The first-order valence-electron chi connectivity index (χ1n) is 10.5. The number of nitrogens with zero attached hydrogens (tertiary/aromatic N) is 3. The Morgan fingerprint density at radius 2 is 1.82 bits per heavy atom. The second-order valence-electron chi connectivity index (χ2n) is 6.85. The number of ether oxygens (including phenoxy) is 2. The number of anilines is 3. The number of hydrogen-bond acceptors (Lipinski definition) is 7. The van der Waals surface area contributed by atoms with Gasteiger partial charge in [-0.15, -0.1) is 0 Å². The van der Waals surface area contributed by atoms with Crippen molar-refractivity contribution in [3.05, 3.63) is 78.5 Å². The quantitative estimate of drug-likeness (QED) is 0.464. The van der Waals surface area contributed by atoms with E-state index < -0.39 is 18.5 Å². The maximum Gasteiger partial charge on any atom is 0.342 e. The van der Waals surface area contributed by atoms with Gasteiger partial charge in [-0.2, -0.15) is 5.26 Å². The van der Waals surface area contributed by atoms with Crippen LogP contribution in [0.15, 0.2) is 72.9 Å². The summed E-state index contributed by atoms with van der Waals surface area (Å²) in [5, 5.41) is 12.0. The highest BCUT2D eigenvalue weighted by molar-refractivity contribution is 5.99. The fourth-order valence-electron chi connectivity index (χ4n) is 3.06. The van der Waals surface area contributed by atoms with Gasteiger partial charge in [0.1, 0.15) is 17.1 Å². The molecule has 0 fully saturated rings. The second-order valence-corrected chi connectivity index (χ2v) is 6.85. The van der Waals surface area contributed by atoms with Crippen molar-refractivity contribution in [3.8, 4) is 11.8 Å². The van der Waals surface area contributed by atoms with E-state index in [1.54, 1.807) is 42.6 Å². The molecule has 0 radical (unpaired) electrons. The Kier molecular flexibility index (Phi) is 8.37. The molecule has 8 heteroatoms. The van der Waals surface area contributed by atoms with Crippen LogP contribution in [0.3, 0.4) is 0 Å². The van der Waals surface area contributed by atoms with Gasteiger partial charge >= 0.3 is 5.97 Å². The Labute approximate surface area is 192 Å². The molecule has 0 saturated heterocycles. The van der Waals surface area contributed by atoms with Gasteiger partial charge in [0.15, 0.2) is 6.61 Å². The van der Waals surface area contributed by atoms with Crippen LogP contribution >= 0.6 is 0 Å². The molecule has 0 unspecified atom stereocenters. The molecule has 0 atom stereocenters. The fourth-order valence-corrected chi connectivity index (χ4v) is 3.06. The third kappa shape index (κ3) is 6.55. The lowest BCUT2D eigenvalue weighted by molar-refractivity contribution is -0.121. The topological polar surface area (TPSA) is 105 Å². The largest absolute Gasteiger partial charge is 0.494 e. The highest BCUT2D eigenvalue weighted by atomic mass is 16.5. The minimum Gasteiger partial charge on any atom is -0.494 e. The lowest BCUT2D eigenvalue weighted by atomic mass is 10.2. The van der Waals surface area contributed by atoms with Crippen molar-refractivity contribution in [2.24, 2.45) is 0 Å². The average Bonchev–Trinajstić information content (AvgIpc) is 2.85. The molecule has 1 N–H and O–H groups in total. The van der Waals surface area contributed by atoms with Crippen LogP contribution in [-0.2, 0) is 9.53 Å². The number of para-hydroxylation sites is 1. The van der Waals surface area contributed by atoms with Crippen LogP contribution in [0.1, 0.15) is 23.7 Å². The van der Waals surface area contributed by atoms with E-state index in [-0.39, 0.29) is 18.5 Å². The zero-order chi connectivity index (χ0) is 23.5. The van der Waals surface area contributed by atoms with Crippen LogP contribution in [0.2, 0.25) is 0 Å². The Morgan fingerprint density at radius 3 is 2.52 bits per heavy atom. The van der Waals surface area contributed by atoms with Crippen molar-refractivity contribution in [2.45, 2.75) is 13.3 Å². The summed E-state index contributed by atoms with van der Waals surface area (Å²) in [6.45, 7) is 2.22. The van der Waals surface area contributed by atoms with Gasteiger partial charge < -0.3 is 19.7 Å². The summed E-state index contributed by atoms with van der Waals surface area (Å²) < 4.78 is 10.7. The van der Waals surface area contributed by atoms with E-state index in [0.717, 1.165) is 5.75 Å². The first-order valence-corrected chi connectivity index (χ1v) is 10.5.